The summed E-state index contributed by atoms with van der Waals surface area (Å²) in [5.74, 6) is -0.389. The molecule has 4 nitrogen and oxygen atoms in total. The van der Waals surface area contributed by atoms with Crippen LogP contribution in [0.5, 0.6) is 0 Å². The molecule has 0 aliphatic rings. The molecule has 0 aliphatic carbocycles. The van der Waals surface area contributed by atoms with E-state index < -0.39 is 0 Å². The van der Waals surface area contributed by atoms with Crippen molar-refractivity contribution in [3.05, 3.63) is 70.6 Å². The molecule has 0 saturated carbocycles. The zero-order chi connectivity index (χ0) is 15.5. The highest BCUT2D eigenvalue weighted by Gasteiger charge is 2.16. The average molecular weight is 316 g/mol. The molecule has 0 fully saturated rings. The third-order valence-electron chi connectivity index (χ3n) is 3.25. The topological polar surface area (TPSA) is 47.8 Å². The van der Waals surface area contributed by atoms with Crippen LogP contribution in [0.1, 0.15) is 16.1 Å². The summed E-state index contributed by atoms with van der Waals surface area (Å²) in [4.78, 5) is 11.2. The Bertz CT molecular complexity index is 832. The van der Waals surface area contributed by atoms with E-state index in [-0.39, 0.29) is 11.5 Å². The van der Waals surface area contributed by atoms with E-state index in [1.54, 1.807) is 22.9 Å². The lowest BCUT2D eigenvalue weighted by Gasteiger charge is -2.08. The third-order valence-corrected chi connectivity index (χ3v) is 3.62. The third kappa shape index (κ3) is 2.76. The van der Waals surface area contributed by atoms with E-state index in [2.05, 4.69) is 10.3 Å². The Hall–Kier alpha value is -2.53. The molecule has 0 spiro atoms. The quantitative estimate of drug-likeness (QED) is 0.691. The van der Waals surface area contributed by atoms with E-state index in [1.165, 1.54) is 12.1 Å². The van der Waals surface area contributed by atoms with Crippen molar-refractivity contribution in [1.29, 1.82) is 0 Å². The van der Waals surface area contributed by atoms with Crippen LogP contribution in [-0.4, -0.2) is 21.3 Å². The average Bonchev–Trinajstić information content (AvgIpc) is 2.92. The first kappa shape index (κ1) is 14.4. The van der Waals surface area contributed by atoms with Crippen molar-refractivity contribution in [2.24, 2.45) is 0 Å². The van der Waals surface area contributed by atoms with Gasteiger partial charge in [-0.15, -0.1) is 5.10 Å². The van der Waals surface area contributed by atoms with Crippen LogP contribution >= 0.6 is 11.6 Å². The Kier molecular flexibility index (Phi) is 3.98. The van der Waals surface area contributed by atoms with Crippen molar-refractivity contribution in [3.63, 3.8) is 0 Å². The standard InChI is InChI=1S/C16H11ClFN3O/c17-14-7-2-1-4-12(14)9-21-16(15(10-22)19-20-21)11-5-3-6-13(18)8-11/h1-8,10H,9H2. The van der Waals surface area contributed by atoms with Gasteiger partial charge in [0.1, 0.15) is 5.82 Å². The van der Waals surface area contributed by atoms with Gasteiger partial charge < -0.3 is 0 Å². The highest BCUT2D eigenvalue weighted by atomic mass is 35.5. The molecule has 0 N–H and O–H groups in total. The maximum absolute atomic E-state index is 13.5. The van der Waals surface area contributed by atoms with Gasteiger partial charge in [0, 0.05) is 10.6 Å². The van der Waals surface area contributed by atoms with E-state index in [0.717, 1.165) is 5.56 Å². The second-order valence-corrected chi connectivity index (χ2v) is 5.11. The van der Waals surface area contributed by atoms with Gasteiger partial charge in [0.05, 0.1) is 12.2 Å². The van der Waals surface area contributed by atoms with Gasteiger partial charge in [0.2, 0.25) is 0 Å². The van der Waals surface area contributed by atoms with Gasteiger partial charge in [0.15, 0.2) is 12.0 Å². The molecular formula is C16H11ClFN3O. The van der Waals surface area contributed by atoms with Crippen molar-refractivity contribution in [2.45, 2.75) is 6.54 Å². The first-order valence-electron chi connectivity index (χ1n) is 6.57. The Morgan fingerprint density at radius 1 is 1.18 bits per heavy atom. The molecule has 1 aromatic heterocycles. The number of halogens is 2. The summed E-state index contributed by atoms with van der Waals surface area (Å²) in [6.45, 7) is 0.340. The number of hydrogen-bond donors (Lipinski definition) is 0. The van der Waals surface area contributed by atoms with Crippen molar-refractivity contribution in [3.8, 4) is 11.3 Å². The van der Waals surface area contributed by atoms with E-state index >= 15 is 0 Å². The zero-order valence-electron chi connectivity index (χ0n) is 11.4. The number of benzene rings is 2. The predicted octanol–water partition coefficient (Wildman–Crippen LogP) is 3.60. The summed E-state index contributed by atoms with van der Waals surface area (Å²) in [6, 6.07) is 13.3. The van der Waals surface area contributed by atoms with Gasteiger partial charge >= 0.3 is 0 Å². The number of aldehydes is 1. The Balaban J connectivity index is 2.08. The molecule has 0 atom stereocenters. The normalized spacial score (nSPS) is 10.6. The Morgan fingerprint density at radius 2 is 2.00 bits per heavy atom. The summed E-state index contributed by atoms with van der Waals surface area (Å²) in [5.41, 5.74) is 2.01. The molecule has 0 saturated heterocycles. The molecule has 3 rings (SSSR count). The summed E-state index contributed by atoms with van der Waals surface area (Å²) in [5, 5.41) is 8.42. The minimum Gasteiger partial charge on any atom is -0.296 e. The minimum atomic E-state index is -0.389. The zero-order valence-corrected chi connectivity index (χ0v) is 12.2. The van der Waals surface area contributed by atoms with Crippen LogP contribution in [0.15, 0.2) is 48.5 Å². The molecule has 6 heteroatoms. The summed E-state index contributed by atoms with van der Waals surface area (Å²) in [7, 11) is 0. The largest absolute Gasteiger partial charge is 0.296 e. The maximum atomic E-state index is 13.5. The first-order chi connectivity index (χ1) is 10.7. The van der Waals surface area contributed by atoms with E-state index in [4.69, 9.17) is 11.6 Å². The van der Waals surface area contributed by atoms with E-state index in [1.807, 2.05) is 18.2 Å². The number of aromatic nitrogens is 3. The van der Waals surface area contributed by atoms with E-state index in [0.29, 0.717) is 29.1 Å². The number of hydrogen-bond acceptors (Lipinski definition) is 3. The molecule has 0 bridgehead atoms. The predicted molar refractivity (Wildman–Crippen MR) is 81.4 cm³/mol. The number of rotatable bonds is 4. The minimum absolute atomic E-state index is 0.164. The van der Waals surface area contributed by atoms with Crippen LogP contribution in [-0.2, 0) is 6.54 Å². The van der Waals surface area contributed by atoms with Crippen LogP contribution in [0.2, 0.25) is 5.02 Å². The van der Waals surface area contributed by atoms with Crippen LogP contribution in [0.4, 0.5) is 4.39 Å². The number of carbonyl (C=O) groups excluding carboxylic acids is 1. The fourth-order valence-electron chi connectivity index (χ4n) is 2.24. The molecule has 1 heterocycles. The van der Waals surface area contributed by atoms with Crippen LogP contribution in [0.25, 0.3) is 11.3 Å². The highest BCUT2D eigenvalue weighted by molar-refractivity contribution is 6.31. The van der Waals surface area contributed by atoms with Gasteiger partial charge in [-0.3, -0.25) is 4.79 Å². The van der Waals surface area contributed by atoms with Gasteiger partial charge in [-0.2, -0.15) is 0 Å². The fraction of sp³-hybridized carbons (Fsp3) is 0.0625. The molecule has 110 valence electrons. The van der Waals surface area contributed by atoms with Crippen molar-refractivity contribution in [2.75, 3.05) is 0 Å². The van der Waals surface area contributed by atoms with Crippen molar-refractivity contribution >= 4 is 17.9 Å². The monoisotopic (exact) mass is 315 g/mol. The van der Waals surface area contributed by atoms with Gasteiger partial charge in [0.25, 0.3) is 0 Å². The van der Waals surface area contributed by atoms with Gasteiger partial charge in [-0.05, 0) is 23.8 Å². The molecule has 3 aromatic rings. The molecule has 0 unspecified atom stereocenters. The maximum Gasteiger partial charge on any atom is 0.172 e. The molecule has 0 amide bonds. The lowest BCUT2D eigenvalue weighted by Crippen LogP contribution is -2.05. The summed E-state index contributed by atoms with van der Waals surface area (Å²) < 4.78 is 15.0. The molecule has 0 aliphatic heterocycles. The highest BCUT2D eigenvalue weighted by Crippen LogP contribution is 2.24. The van der Waals surface area contributed by atoms with E-state index in [9.17, 15) is 9.18 Å². The molecular weight excluding hydrogens is 305 g/mol. The Labute approximate surface area is 131 Å². The number of nitrogens with zero attached hydrogens (tertiary/aromatic N) is 3. The van der Waals surface area contributed by atoms with Crippen LogP contribution in [0.3, 0.4) is 0 Å². The smallest absolute Gasteiger partial charge is 0.172 e. The van der Waals surface area contributed by atoms with Gasteiger partial charge in [-0.1, -0.05) is 47.1 Å². The fourth-order valence-corrected chi connectivity index (χ4v) is 2.43. The number of carbonyl (C=O) groups is 1. The van der Waals surface area contributed by atoms with Crippen molar-refractivity contribution < 1.29 is 9.18 Å². The molecule has 22 heavy (non-hydrogen) atoms. The van der Waals surface area contributed by atoms with Crippen molar-refractivity contribution in [1.82, 2.24) is 15.0 Å². The second-order valence-electron chi connectivity index (χ2n) is 4.70. The molecule has 2 aromatic carbocycles. The summed E-state index contributed by atoms with van der Waals surface area (Å²) in [6.07, 6.45) is 0.607. The Morgan fingerprint density at radius 3 is 2.73 bits per heavy atom. The molecule has 0 radical (unpaired) electrons. The second kappa shape index (κ2) is 6.07. The first-order valence-corrected chi connectivity index (χ1v) is 6.95. The SMILES string of the molecule is O=Cc1nnn(Cc2ccccc2Cl)c1-c1cccc(F)c1. The lowest BCUT2D eigenvalue weighted by molar-refractivity contribution is 0.111. The lowest BCUT2D eigenvalue weighted by atomic mass is 10.1. The van der Waals surface area contributed by atoms with Crippen LogP contribution < -0.4 is 0 Å². The van der Waals surface area contributed by atoms with Gasteiger partial charge in [-0.25, -0.2) is 9.07 Å². The summed E-state index contributed by atoms with van der Waals surface area (Å²) >= 11 is 6.15. The van der Waals surface area contributed by atoms with Crippen LogP contribution in [0, 0.1) is 5.82 Å².